The van der Waals surface area contributed by atoms with Crippen LogP contribution in [0.3, 0.4) is 0 Å². The first-order valence-corrected chi connectivity index (χ1v) is 14.7. The second-order valence-electron chi connectivity index (χ2n) is 10.2. The van der Waals surface area contributed by atoms with Gasteiger partial charge in [0.2, 0.25) is 0 Å². The third-order valence-corrected chi connectivity index (χ3v) is 6.95. The van der Waals surface area contributed by atoms with Crippen LogP contribution in [0.1, 0.15) is 94.3 Å². The monoisotopic (exact) mass is 546 g/mol. The Labute approximate surface area is 237 Å². The maximum absolute atomic E-state index is 12.7. The summed E-state index contributed by atoms with van der Waals surface area (Å²) in [5, 5.41) is 0.822. The highest BCUT2D eigenvalue weighted by Gasteiger charge is 2.11. The van der Waals surface area contributed by atoms with Crippen molar-refractivity contribution >= 4 is 22.7 Å². The van der Waals surface area contributed by atoms with E-state index >= 15 is 0 Å². The maximum atomic E-state index is 12.7. The number of rotatable bonds is 19. The summed E-state index contributed by atoms with van der Waals surface area (Å²) in [4.78, 5) is 35.9. The molecule has 6 nitrogen and oxygen atoms in total. The van der Waals surface area contributed by atoms with Gasteiger partial charge in [0.25, 0.3) is 0 Å². The molecule has 6 heteroatoms. The van der Waals surface area contributed by atoms with Gasteiger partial charge in [-0.15, -0.1) is 0 Å². The van der Waals surface area contributed by atoms with Gasteiger partial charge in [-0.25, -0.2) is 9.59 Å². The zero-order chi connectivity index (χ0) is 28.6. The predicted octanol–water partition coefficient (Wildman–Crippen LogP) is 8.45. The van der Waals surface area contributed by atoms with Gasteiger partial charge >= 0.3 is 11.6 Å². The highest BCUT2D eigenvalue weighted by Crippen LogP contribution is 2.25. The Hall–Kier alpha value is -3.67. The molecule has 1 heterocycles. The van der Waals surface area contributed by atoms with Gasteiger partial charge in [0.05, 0.1) is 18.8 Å². The molecule has 0 unspecified atom stereocenters. The van der Waals surface area contributed by atoms with Crippen LogP contribution in [0.4, 0.5) is 0 Å². The first-order chi connectivity index (χ1) is 19.5. The molecular weight excluding hydrogens is 504 g/mol. The number of Topliss-reactive ketones (excluding diaryl/α,β-unsaturated/α-hetero) is 1. The lowest BCUT2D eigenvalue weighted by Gasteiger charge is -2.08. The Kier molecular flexibility index (Phi) is 13.2. The van der Waals surface area contributed by atoms with Gasteiger partial charge in [-0.1, -0.05) is 89.1 Å². The van der Waals surface area contributed by atoms with Crippen molar-refractivity contribution in [3.05, 3.63) is 77.2 Å². The Balaban J connectivity index is 1.37. The van der Waals surface area contributed by atoms with Gasteiger partial charge in [-0.2, -0.15) is 0 Å². The molecule has 3 aromatic rings. The van der Waals surface area contributed by atoms with Crippen molar-refractivity contribution in [1.82, 2.24) is 0 Å². The van der Waals surface area contributed by atoms with E-state index in [0.29, 0.717) is 42.1 Å². The fraction of sp³-hybridized carbons (Fsp3) is 0.441. The van der Waals surface area contributed by atoms with Crippen LogP contribution in [-0.2, 0) is 9.53 Å². The molecule has 40 heavy (non-hydrogen) atoms. The molecule has 214 valence electrons. The highest BCUT2D eigenvalue weighted by molar-refractivity contribution is 5.96. The number of esters is 1. The quantitative estimate of drug-likeness (QED) is 0.0493. The molecule has 3 rings (SSSR count). The standard InChI is InChI=1S/C34H42O6/c1-3-5-15-31(35)27-18-16-26(17-19-27)30-24-28-20-21-29(25-32(28)40-34(30)37)38-22-13-11-9-7-6-8-10-12-14-23-39-33(36)4-2/h4,16-21,24-25H,2-3,5-15,22-23H2,1H3. The van der Waals surface area contributed by atoms with Crippen molar-refractivity contribution in [2.45, 2.75) is 84.0 Å². The van der Waals surface area contributed by atoms with E-state index < -0.39 is 5.63 Å². The Morgan fingerprint density at radius 2 is 1.48 bits per heavy atom. The van der Waals surface area contributed by atoms with Crippen LogP contribution in [-0.4, -0.2) is 25.0 Å². The zero-order valence-electron chi connectivity index (χ0n) is 23.8. The summed E-state index contributed by atoms with van der Waals surface area (Å²) in [5.74, 6) is 0.471. The number of ketones is 1. The predicted molar refractivity (Wildman–Crippen MR) is 160 cm³/mol. The fourth-order valence-corrected chi connectivity index (χ4v) is 4.56. The minimum atomic E-state index is -0.411. The van der Waals surface area contributed by atoms with Crippen molar-refractivity contribution in [3.8, 4) is 16.9 Å². The molecule has 0 radical (unpaired) electrons. The average Bonchev–Trinajstić information content (AvgIpc) is 2.97. The molecule has 0 aliphatic carbocycles. The molecule has 0 aliphatic heterocycles. The molecule has 0 bridgehead atoms. The second-order valence-corrected chi connectivity index (χ2v) is 10.2. The van der Waals surface area contributed by atoms with Gasteiger partial charge in [0.15, 0.2) is 5.78 Å². The molecular formula is C34H42O6. The molecule has 0 N–H and O–H groups in total. The first-order valence-electron chi connectivity index (χ1n) is 14.7. The lowest BCUT2D eigenvalue weighted by molar-refractivity contribution is -0.137. The van der Waals surface area contributed by atoms with Crippen LogP contribution in [0.5, 0.6) is 5.75 Å². The summed E-state index contributed by atoms with van der Waals surface area (Å²) < 4.78 is 16.5. The SMILES string of the molecule is C=CC(=O)OCCCCCCCCCCCOc1ccc2cc(-c3ccc(C(=O)CCCC)cc3)c(=O)oc2c1. The third-order valence-electron chi connectivity index (χ3n) is 6.95. The smallest absolute Gasteiger partial charge is 0.344 e. The topological polar surface area (TPSA) is 82.8 Å². The van der Waals surface area contributed by atoms with Crippen molar-refractivity contribution in [1.29, 1.82) is 0 Å². The molecule has 1 aromatic heterocycles. The lowest BCUT2D eigenvalue weighted by atomic mass is 10.0. The summed E-state index contributed by atoms with van der Waals surface area (Å²) in [5.41, 5.74) is 1.96. The number of ether oxygens (including phenoxy) is 2. The minimum absolute atomic E-state index is 0.125. The molecule has 0 atom stereocenters. The summed E-state index contributed by atoms with van der Waals surface area (Å²) >= 11 is 0. The molecule has 0 fully saturated rings. The molecule has 0 amide bonds. The van der Waals surface area contributed by atoms with E-state index in [-0.39, 0.29) is 11.8 Å². The number of hydrogen-bond acceptors (Lipinski definition) is 6. The number of carbonyl (C=O) groups excluding carboxylic acids is 2. The molecule has 0 saturated heterocycles. The van der Waals surface area contributed by atoms with Crippen molar-refractivity contribution in [2.75, 3.05) is 13.2 Å². The van der Waals surface area contributed by atoms with E-state index in [1.54, 1.807) is 30.3 Å². The maximum Gasteiger partial charge on any atom is 0.344 e. The molecule has 0 aliphatic rings. The number of fused-ring (bicyclic) bond motifs is 1. The van der Waals surface area contributed by atoms with Gasteiger partial charge in [-0.05, 0) is 43.0 Å². The second kappa shape index (κ2) is 17.1. The van der Waals surface area contributed by atoms with Crippen molar-refractivity contribution < 1.29 is 23.5 Å². The summed E-state index contributed by atoms with van der Waals surface area (Å²) in [6.45, 7) is 6.55. The van der Waals surface area contributed by atoms with Gasteiger partial charge < -0.3 is 13.9 Å². The summed E-state index contributed by atoms with van der Waals surface area (Å²) in [6, 6.07) is 14.6. The Morgan fingerprint density at radius 1 is 0.825 bits per heavy atom. The summed E-state index contributed by atoms with van der Waals surface area (Å²) in [7, 11) is 0. The third kappa shape index (κ3) is 10.1. The van der Waals surface area contributed by atoms with Crippen LogP contribution in [0.25, 0.3) is 22.1 Å². The van der Waals surface area contributed by atoms with Crippen LogP contribution in [0.15, 0.2) is 70.4 Å². The summed E-state index contributed by atoms with van der Waals surface area (Å²) in [6.07, 6.45) is 13.7. The van der Waals surface area contributed by atoms with E-state index in [9.17, 15) is 14.4 Å². The zero-order valence-corrected chi connectivity index (χ0v) is 23.8. The Morgan fingerprint density at radius 3 is 2.12 bits per heavy atom. The van der Waals surface area contributed by atoms with Gasteiger partial charge in [0, 0.05) is 29.5 Å². The van der Waals surface area contributed by atoms with Crippen molar-refractivity contribution in [3.63, 3.8) is 0 Å². The normalized spacial score (nSPS) is 10.9. The first kappa shape index (κ1) is 30.9. The number of hydrogen-bond donors (Lipinski definition) is 0. The number of benzene rings is 2. The highest BCUT2D eigenvalue weighted by atomic mass is 16.5. The van der Waals surface area contributed by atoms with Gasteiger partial charge in [-0.3, -0.25) is 4.79 Å². The van der Waals surface area contributed by atoms with Gasteiger partial charge in [0.1, 0.15) is 11.3 Å². The van der Waals surface area contributed by atoms with Crippen LogP contribution >= 0.6 is 0 Å². The van der Waals surface area contributed by atoms with Crippen molar-refractivity contribution in [2.24, 2.45) is 0 Å². The van der Waals surface area contributed by atoms with E-state index in [0.717, 1.165) is 49.5 Å². The molecule has 0 saturated carbocycles. The van der Waals surface area contributed by atoms with E-state index in [1.807, 2.05) is 18.2 Å². The molecule has 2 aromatic carbocycles. The lowest BCUT2D eigenvalue weighted by Crippen LogP contribution is -2.04. The van der Waals surface area contributed by atoms with E-state index in [4.69, 9.17) is 13.9 Å². The fourth-order valence-electron chi connectivity index (χ4n) is 4.56. The minimum Gasteiger partial charge on any atom is -0.493 e. The van der Waals surface area contributed by atoms with E-state index in [2.05, 4.69) is 13.5 Å². The van der Waals surface area contributed by atoms with Crippen LogP contribution in [0, 0.1) is 0 Å². The van der Waals surface area contributed by atoms with Crippen LogP contribution in [0.2, 0.25) is 0 Å². The number of carbonyl (C=O) groups is 2. The Bertz CT molecular complexity index is 1290. The van der Waals surface area contributed by atoms with E-state index in [1.165, 1.54) is 38.2 Å². The average molecular weight is 547 g/mol. The molecule has 0 spiro atoms. The largest absolute Gasteiger partial charge is 0.493 e. The number of unbranched alkanes of at least 4 members (excludes halogenated alkanes) is 9. The van der Waals surface area contributed by atoms with Crippen LogP contribution < -0.4 is 10.4 Å².